The Hall–Kier alpha value is -2.17. The molecule has 0 fully saturated rings. The number of halogens is 1. The summed E-state index contributed by atoms with van der Waals surface area (Å²) in [6, 6.07) is 5.22. The van der Waals surface area contributed by atoms with Gasteiger partial charge in [0.2, 0.25) is 0 Å². The highest BCUT2D eigenvalue weighted by molar-refractivity contribution is 5.95. The predicted molar refractivity (Wildman–Crippen MR) is 78.9 cm³/mol. The maximum Gasteiger partial charge on any atom is 0.344 e. The number of amides is 1. The number of nitrogens with zero attached hydrogens (tertiary/aromatic N) is 1. The van der Waals surface area contributed by atoms with Gasteiger partial charge in [0, 0.05) is 13.1 Å². The lowest BCUT2D eigenvalue weighted by atomic mass is 10.1. The van der Waals surface area contributed by atoms with Crippen molar-refractivity contribution in [1.29, 1.82) is 0 Å². The van der Waals surface area contributed by atoms with Crippen molar-refractivity contribution in [2.75, 3.05) is 13.1 Å². The van der Waals surface area contributed by atoms with Crippen LogP contribution in [0.3, 0.4) is 0 Å². The Morgan fingerprint density at radius 2 is 1.86 bits per heavy atom. The zero-order valence-electron chi connectivity index (χ0n) is 12.2. The zero-order chi connectivity index (χ0) is 15.4. The lowest BCUT2D eigenvalue weighted by Gasteiger charge is -2.20. The third-order valence-electron chi connectivity index (χ3n) is 3.21. The van der Waals surface area contributed by atoms with Crippen molar-refractivity contribution in [3.63, 3.8) is 0 Å². The zero-order valence-corrected chi connectivity index (χ0v) is 12.2. The summed E-state index contributed by atoms with van der Waals surface area (Å²) in [5.41, 5.74) is -0.621. The second-order valence-electron chi connectivity index (χ2n) is 4.92. The van der Waals surface area contributed by atoms with Crippen LogP contribution in [-0.2, 0) is 0 Å². The monoisotopic (exact) mass is 291 g/mol. The van der Waals surface area contributed by atoms with Gasteiger partial charge in [0.1, 0.15) is 5.82 Å². The Labute approximate surface area is 122 Å². The molecule has 0 saturated carbocycles. The minimum atomic E-state index is -0.621. The summed E-state index contributed by atoms with van der Waals surface area (Å²) in [4.78, 5) is 25.9. The lowest BCUT2D eigenvalue weighted by Crippen LogP contribution is -2.33. The Balaban J connectivity index is 2.45. The van der Waals surface area contributed by atoms with E-state index < -0.39 is 11.4 Å². The van der Waals surface area contributed by atoms with Gasteiger partial charge in [0.15, 0.2) is 5.76 Å². The molecule has 1 heterocycles. The van der Waals surface area contributed by atoms with Gasteiger partial charge in [-0.15, -0.1) is 0 Å². The van der Waals surface area contributed by atoms with Crippen molar-refractivity contribution in [2.45, 2.75) is 26.7 Å². The lowest BCUT2D eigenvalue weighted by molar-refractivity contribution is 0.0719. The van der Waals surface area contributed by atoms with E-state index in [2.05, 4.69) is 0 Å². The largest absolute Gasteiger partial charge is 0.417 e. The van der Waals surface area contributed by atoms with Crippen molar-refractivity contribution in [2.24, 2.45) is 0 Å². The van der Waals surface area contributed by atoms with Crippen molar-refractivity contribution in [3.8, 4) is 0 Å². The molecule has 1 aromatic heterocycles. The summed E-state index contributed by atoms with van der Waals surface area (Å²) in [5.74, 6) is -0.826. The molecule has 0 saturated heterocycles. The van der Waals surface area contributed by atoms with E-state index in [-0.39, 0.29) is 17.1 Å². The molecule has 0 aliphatic heterocycles. The van der Waals surface area contributed by atoms with Crippen LogP contribution in [0.5, 0.6) is 0 Å². The van der Waals surface area contributed by atoms with E-state index in [1.165, 1.54) is 24.3 Å². The number of benzene rings is 1. The van der Waals surface area contributed by atoms with Crippen LogP contribution >= 0.6 is 0 Å². The first-order valence-electron chi connectivity index (χ1n) is 7.09. The number of fused-ring (bicyclic) bond motifs is 1. The first-order valence-corrected chi connectivity index (χ1v) is 7.09. The number of rotatable bonds is 5. The molecule has 0 bridgehead atoms. The topological polar surface area (TPSA) is 50.5 Å². The third kappa shape index (κ3) is 3.29. The fourth-order valence-electron chi connectivity index (χ4n) is 2.28. The van der Waals surface area contributed by atoms with Gasteiger partial charge in [0.05, 0.1) is 5.39 Å². The van der Waals surface area contributed by atoms with Crippen LogP contribution in [0.1, 0.15) is 37.2 Å². The van der Waals surface area contributed by atoms with Crippen LogP contribution < -0.4 is 5.63 Å². The van der Waals surface area contributed by atoms with Gasteiger partial charge in [-0.1, -0.05) is 13.8 Å². The van der Waals surface area contributed by atoms with E-state index >= 15 is 0 Å². The molecule has 0 unspecified atom stereocenters. The van der Waals surface area contributed by atoms with Crippen molar-refractivity contribution in [1.82, 2.24) is 4.90 Å². The quantitative estimate of drug-likeness (QED) is 0.850. The van der Waals surface area contributed by atoms with Crippen LogP contribution in [0.15, 0.2) is 33.5 Å². The summed E-state index contributed by atoms with van der Waals surface area (Å²) < 4.78 is 18.4. The van der Waals surface area contributed by atoms with E-state index in [0.717, 1.165) is 12.8 Å². The molecule has 0 aliphatic rings. The molecule has 0 atom stereocenters. The van der Waals surface area contributed by atoms with Crippen LogP contribution in [0.25, 0.3) is 10.8 Å². The summed E-state index contributed by atoms with van der Waals surface area (Å²) in [7, 11) is 0. The van der Waals surface area contributed by atoms with Crippen LogP contribution in [0, 0.1) is 5.82 Å². The van der Waals surface area contributed by atoms with E-state index in [1.54, 1.807) is 4.90 Å². The highest BCUT2D eigenvalue weighted by Gasteiger charge is 2.18. The van der Waals surface area contributed by atoms with E-state index in [0.29, 0.717) is 18.5 Å². The number of hydrogen-bond acceptors (Lipinski definition) is 3. The molecular weight excluding hydrogens is 273 g/mol. The molecule has 2 aromatic rings. The summed E-state index contributed by atoms with van der Waals surface area (Å²) >= 11 is 0. The third-order valence-corrected chi connectivity index (χ3v) is 3.21. The Bertz CT molecular complexity index is 702. The van der Waals surface area contributed by atoms with E-state index in [4.69, 9.17) is 4.42 Å². The Kier molecular flexibility index (Phi) is 4.73. The van der Waals surface area contributed by atoms with Crippen molar-refractivity contribution < 1.29 is 13.6 Å². The maximum atomic E-state index is 13.3. The minimum absolute atomic E-state index is 0.0417. The van der Waals surface area contributed by atoms with Crippen molar-refractivity contribution in [3.05, 3.63) is 46.3 Å². The predicted octanol–water partition coefficient (Wildman–Crippen LogP) is 3.19. The maximum absolute atomic E-state index is 13.3. The average Bonchev–Trinajstić information content (AvgIpc) is 2.45. The normalized spacial score (nSPS) is 10.8. The van der Waals surface area contributed by atoms with Crippen molar-refractivity contribution >= 4 is 16.7 Å². The molecule has 0 radical (unpaired) electrons. The first-order chi connectivity index (χ1) is 10.1. The Morgan fingerprint density at radius 1 is 1.19 bits per heavy atom. The molecule has 0 aliphatic carbocycles. The highest BCUT2D eigenvalue weighted by Crippen LogP contribution is 2.15. The molecule has 0 spiro atoms. The van der Waals surface area contributed by atoms with Gasteiger partial charge in [-0.25, -0.2) is 9.18 Å². The molecule has 1 aromatic carbocycles. The van der Waals surface area contributed by atoms with Gasteiger partial charge in [0.25, 0.3) is 5.91 Å². The smallest absolute Gasteiger partial charge is 0.344 e. The number of carbonyl (C=O) groups is 1. The van der Waals surface area contributed by atoms with Gasteiger partial charge in [-0.3, -0.25) is 4.79 Å². The summed E-state index contributed by atoms with van der Waals surface area (Å²) in [6.45, 7) is 5.14. The first kappa shape index (κ1) is 15.2. The fraction of sp³-hybridized carbons (Fsp3) is 0.375. The fourth-order valence-corrected chi connectivity index (χ4v) is 2.28. The van der Waals surface area contributed by atoms with Gasteiger partial charge in [-0.2, -0.15) is 0 Å². The molecule has 2 rings (SSSR count). The number of carbonyl (C=O) groups excluding carboxylic acids is 1. The van der Waals surface area contributed by atoms with E-state index in [1.807, 2.05) is 13.8 Å². The number of hydrogen-bond donors (Lipinski definition) is 0. The van der Waals surface area contributed by atoms with E-state index in [9.17, 15) is 14.0 Å². The molecule has 1 amide bonds. The molecule has 4 nitrogen and oxygen atoms in total. The molecule has 5 heteroatoms. The van der Waals surface area contributed by atoms with Gasteiger partial charge >= 0.3 is 5.63 Å². The van der Waals surface area contributed by atoms with Gasteiger partial charge in [-0.05, 0) is 42.5 Å². The highest BCUT2D eigenvalue weighted by atomic mass is 19.1. The standard InChI is InChI=1S/C16H18FNO3/c1-3-7-18(8-4-2)15(19)14-10-11-9-12(17)5-6-13(11)16(20)21-14/h5-6,9-10H,3-4,7-8H2,1-2H3. The minimum Gasteiger partial charge on any atom is -0.417 e. The SMILES string of the molecule is CCCN(CCC)C(=O)c1cc2cc(F)ccc2c(=O)o1. The summed E-state index contributed by atoms with van der Waals surface area (Å²) in [5, 5.41) is 0.646. The molecular formula is C16H18FNO3. The molecule has 0 N–H and O–H groups in total. The molecule has 112 valence electrons. The second kappa shape index (κ2) is 6.52. The molecule has 21 heavy (non-hydrogen) atoms. The van der Waals surface area contributed by atoms with Crippen LogP contribution in [-0.4, -0.2) is 23.9 Å². The second-order valence-corrected chi connectivity index (χ2v) is 4.92. The summed E-state index contributed by atoms with van der Waals surface area (Å²) in [6.07, 6.45) is 1.64. The van der Waals surface area contributed by atoms with Crippen LogP contribution in [0.2, 0.25) is 0 Å². The average molecular weight is 291 g/mol. The van der Waals surface area contributed by atoms with Crippen LogP contribution in [0.4, 0.5) is 4.39 Å². The Morgan fingerprint density at radius 3 is 2.48 bits per heavy atom. The van der Waals surface area contributed by atoms with Gasteiger partial charge < -0.3 is 9.32 Å².